The first kappa shape index (κ1) is 21.4. The molecule has 27 heavy (non-hydrogen) atoms. The summed E-state index contributed by atoms with van der Waals surface area (Å²) in [5, 5.41) is 26.1. The van der Waals surface area contributed by atoms with Gasteiger partial charge in [-0.1, -0.05) is 54.6 Å². The van der Waals surface area contributed by atoms with Gasteiger partial charge in [-0.05, 0) is 30.5 Å². The fourth-order valence-electron chi connectivity index (χ4n) is 2.30. The number of carbonyl (C=O) groups excluding carboxylic acids is 1. The molecule has 6 nitrogen and oxygen atoms in total. The molecule has 0 amide bonds. The zero-order valence-electron chi connectivity index (χ0n) is 15.1. The van der Waals surface area contributed by atoms with Crippen LogP contribution in [0.3, 0.4) is 0 Å². The summed E-state index contributed by atoms with van der Waals surface area (Å²) < 4.78 is 4.84. The van der Waals surface area contributed by atoms with Crippen LogP contribution in [-0.4, -0.2) is 23.7 Å². The Kier molecular flexibility index (Phi) is 8.77. The van der Waals surface area contributed by atoms with E-state index in [1.165, 1.54) is 0 Å². The molecule has 0 saturated heterocycles. The predicted octanol–water partition coefficient (Wildman–Crippen LogP) is 3.54. The first-order valence-corrected chi connectivity index (χ1v) is 8.25. The van der Waals surface area contributed by atoms with E-state index < -0.39 is 23.8 Å². The molecule has 0 fully saturated rings. The zero-order chi connectivity index (χ0) is 20.2. The van der Waals surface area contributed by atoms with Crippen LogP contribution in [0.4, 0.5) is 0 Å². The van der Waals surface area contributed by atoms with Crippen LogP contribution < -0.4 is 0 Å². The number of hydrogen-bond acceptors (Lipinski definition) is 5. The first-order chi connectivity index (χ1) is 13.0. The third-order valence-electron chi connectivity index (χ3n) is 3.66. The molecule has 0 spiro atoms. The minimum Gasteiger partial charge on any atom is -0.480 e. The fourth-order valence-corrected chi connectivity index (χ4v) is 2.30. The number of aliphatic carboxylic acids is 1. The van der Waals surface area contributed by atoms with Crippen molar-refractivity contribution in [3.63, 3.8) is 0 Å². The van der Waals surface area contributed by atoms with Crippen LogP contribution >= 0.6 is 0 Å². The Balaban J connectivity index is 0.000000277. The van der Waals surface area contributed by atoms with E-state index in [0.29, 0.717) is 12.2 Å². The van der Waals surface area contributed by atoms with E-state index in [4.69, 9.17) is 20.4 Å². The first-order valence-electron chi connectivity index (χ1n) is 8.25. The van der Waals surface area contributed by atoms with Crippen molar-refractivity contribution in [2.45, 2.75) is 25.7 Å². The van der Waals surface area contributed by atoms with Gasteiger partial charge in [0.15, 0.2) is 11.8 Å². The SMILES string of the molecule is CCOC(=O)C(C#N)c1ccccc1C.N#CC(C(=O)O)c1ccccc1. The molecule has 2 unspecified atom stereocenters. The third kappa shape index (κ3) is 6.30. The van der Waals surface area contributed by atoms with Gasteiger partial charge in [-0.3, -0.25) is 9.59 Å². The second-order valence-electron chi connectivity index (χ2n) is 5.48. The summed E-state index contributed by atoms with van der Waals surface area (Å²) in [7, 11) is 0. The molecular formula is C21H20N2O4. The number of ether oxygens (including phenoxy) is 1. The summed E-state index contributed by atoms with van der Waals surface area (Å²) in [6.07, 6.45) is 0. The summed E-state index contributed by atoms with van der Waals surface area (Å²) in [4.78, 5) is 22.0. The van der Waals surface area contributed by atoms with Crippen molar-refractivity contribution in [3.05, 3.63) is 71.3 Å². The van der Waals surface area contributed by atoms with E-state index >= 15 is 0 Å². The van der Waals surface area contributed by atoms with E-state index in [0.717, 1.165) is 11.1 Å². The number of aryl methyl sites for hydroxylation is 1. The highest BCUT2D eigenvalue weighted by molar-refractivity contribution is 5.81. The van der Waals surface area contributed by atoms with Crippen molar-refractivity contribution in [1.82, 2.24) is 0 Å². The van der Waals surface area contributed by atoms with Crippen LogP contribution in [0, 0.1) is 29.6 Å². The lowest BCUT2D eigenvalue weighted by atomic mass is 9.96. The van der Waals surface area contributed by atoms with Gasteiger partial charge >= 0.3 is 11.9 Å². The highest BCUT2D eigenvalue weighted by atomic mass is 16.5. The minimum absolute atomic E-state index is 0.295. The van der Waals surface area contributed by atoms with Crippen molar-refractivity contribution < 1.29 is 19.4 Å². The molecule has 138 valence electrons. The molecular weight excluding hydrogens is 344 g/mol. The molecule has 0 bridgehead atoms. The maximum Gasteiger partial charge on any atom is 0.327 e. The van der Waals surface area contributed by atoms with Crippen molar-refractivity contribution in [1.29, 1.82) is 10.5 Å². The smallest absolute Gasteiger partial charge is 0.327 e. The number of carboxylic acid groups (broad SMARTS) is 1. The minimum atomic E-state index is -1.11. The number of esters is 1. The normalized spacial score (nSPS) is 11.6. The van der Waals surface area contributed by atoms with Gasteiger partial charge in [-0.2, -0.15) is 10.5 Å². The van der Waals surface area contributed by atoms with Gasteiger partial charge in [-0.25, -0.2) is 0 Å². The maximum absolute atomic E-state index is 11.5. The topological polar surface area (TPSA) is 111 Å². The summed E-state index contributed by atoms with van der Waals surface area (Å²) in [6, 6.07) is 19.5. The molecule has 2 aromatic carbocycles. The van der Waals surface area contributed by atoms with E-state index in [-0.39, 0.29) is 0 Å². The predicted molar refractivity (Wildman–Crippen MR) is 98.6 cm³/mol. The third-order valence-corrected chi connectivity index (χ3v) is 3.66. The van der Waals surface area contributed by atoms with Gasteiger partial charge in [0.2, 0.25) is 0 Å². The Morgan fingerprint density at radius 1 is 1.00 bits per heavy atom. The maximum atomic E-state index is 11.5. The number of hydrogen-bond donors (Lipinski definition) is 1. The Bertz CT molecular complexity index is 850. The standard InChI is InChI=1S/C12H13NO2.C9H7NO2/c1-3-15-12(14)11(8-13)10-7-5-4-6-9(10)2;10-6-8(9(11)12)7-4-2-1-3-5-7/h4-7,11H,3H2,1-2H3;1-5,8H,(H,11,12). The highest BCUT2D eigenvalue weighted by Crippen LogP contribution is 2.20. The van der Waals surface area contributed by atoms with Gasteiger partial charge in [-0.15, -0.1) is 0 Å². The second-order valence-corrected chi connectivity index (χ2v) is 5.48. The number of rotatable bonds is 5. The molecule has 0 radical (unpaired) electrons. The van der Waals surface area contributed by atoms with E-state index in [9.17, 15) is 9.59 Å². The van der Waals surface area contributed by atoms with Crippen molar-refractivity contribution in [2.75, 3.05) is 6.61 Å². The second kappa shape index (κ2) is 11.1. The quantitative estimate of drug-likeness (QED) is 0.812. The molecule has 0 aliphatic rings. The molecule has 0 aromatic heterocycles. The Morgan fingerprint density at radius 3 is 2.04 bits per heavy atom. The Morgan fingerprint density at radius 2 is 1.56 bits per heavy atom. The Hall–Kier alpha value is -3.64. The summed E-state index contributed by atoms with van der Waals surface area (Å²) in [5.74, 6) is -3.45. The number of carbonyl (C=O) groups is 2. The van der Waals surface area contributed by atoms with Crippen LogP contribution in [0.1, 0.15) is 35.4 Å². The zero-order valence-corrected chi connectivity index (χ0v) is 15.1. The average molecular weight is 364 g/mol. The molecule has 2 atom stereocenters. The molecule has 0 aliphatic heterocycles. The van der Waals surface area contributed by atoms with Crippen molar-refractivity contribution in [3.8, 4) is 12.1 Å². The van der Waals surface area contributed by atoms with Crippen LogP contribution in [0.25, 0.3) is 0 Å². The molecule has 2 aromatic rings. The number of benzene rings is 2. The molecule has 0 saturated carbocycles. The van der Waals surface area contributed by atoms with Crippen molar-refractivity contribution in [2.24, 2.45) is 0 Å². The Labute approximate surface area is 158 Å². The number of carboxylic acids is 1. The van der Waals surface area contributed by atoms with Gasteiger partial charge in [0.05, 0.1) is 18.7 Å². The molecule has 0 heterocycles. The monoisotopic (exact) mass is 364 g/mol. The van der Waals surface area contributed by atoms with E-state index in [1.807, 2.05) is 31.2 Å². The van der Waals surface area contributed by atoms with Crippen LogP contribution in [0.5, 0.6) is 0 Å². The van der Waals surface area contributed by atoms with Gasteiger partial charge in [0.1, 0.15) is 0 Å². The van der Waals surface area contributed by atoms with Crippen LogP contribution in [0.2, 0.25) is 0 Å². The van der Waals surface area contributed by atoms with Crippen LogP contribution in [0.15, 0.2) is 54.6 Å². The van der Waals surface area contributed by atoms with E-state index in [1.54, 1.807) is 49.4 Å². The lowest BCUT2D eigenvalue weighted by Crippen LogP contribution is -2.15. The average Bonchev–Trinajstić information content (AvgIpc) is 2.66. The summed E-state index contributed by atoms with van der Waals surface area (Å²) in [5.41, 5.74) is 2.17. The molecule has 1 N–H and O–H groups in total. The highest BCUT2D eigenvalue weighted by Gasteiger charge is 2.22. The van der Waals surface area contributed by atoms with Crippen LogP contribution in [-0.2, 0) is 14.3 Å². The molecule has 2 rings (SSSR count). The molecule has 6 heteroatoms. The summed E-state index contributed by atoms with van der Waals surface area (Å²) in [6.45, 7) is 3.89. The van der Waals surface area contributed by atoms with Gasteiger partial charge in [0.25, 0.3) is 0 Å². The molecule has 0 aliphatic carbocycles. The lowest BCUT2D eigenvalue weighted by molar-refractivity contribution is -0.143. The lowest BCUT2D eigenvalue weighted by Gasteiger charge is -2.10. The summed E-state index contributed by atoms with van der Waals surface area (Å²) >= 11 is 0. The van der Waals surface area contributed by atoms with Gasteiger partial charge in [0, 0.05) is 0 Å². The largest absolute Gasteiger partial charge is 0.480 e. The van der Waals surface area contributed by atoms with Crippen molar-refractivity contribution >= 4 is 11.9 Å². The fraction of sp³-hybridized carbons (Fsp3) is 0.238. The number of nitriles is 2. The number of nitrogens with zero attached hydrogens (tertiary/aromatic N) is 2. The van der Waals surface area contributed by atoms with E-state index in [2.05, 4.69) is 0 Å². The van der Waals surface area contributed by atoms with Gasteiger partial charge < -0.3 is 9.84 Å².